The summed E-state index contributed by atoms with van der Waals surface area (Å²) in [5.74, 6) is 0.186. The number of hydrogen-bond donors (Lipinski definition) is 1. The second-order valence-corrected chi connectivity index (χ2v) is 13.7. The molecule has 7 nitrogen and oxygen atoms in total. The maximum Gasteiger partial charge on any atom is 0.341 e. The third-order valence-corrected chi connectivity index (χ3v) is 7.45. The summed E-state index contributed by atoms with van der Waals surface area (Å²) in [5.41, 5.74) is 1.24. The Bertz CT molecular complexity index is 911. The summed E-state index contributed by atoms with van der Waals surface area (Å²) in [6.07, 6.45) is 1.66. The number of aromatic nitrogens is 1. The highest BCUT2D eigenvalue weighted by molar-refractivity contribution is 6.88. The molecule has 1 unspecified atom stereocenters. The van der Waals surface area contributed by atoms with Gasteiger partial charge in [0, 0.05) is 37.6 Å². The summed E-state index contributed by atoms with van der Waals surface area (Å²) in [6.45, 7) is 10.6. The highest BCUT2D eigenvalue weighted by atomic mass is 28.3. The number of rotatable bonds is 4. The summed E-state index contributed by atoms with van der Waals surface area (Å²) in [4.78, 5) is 33.1. The van der Waals surface area contributed by atoms with Gasteiger partial charge in [-0.15, -0.1) is 0 Å². The van der Waals surface area contributed by atoms with Crippen LogP contribution in [-0.4, -0.2) is 62.7 Å². The molecule has 8 heteroatoms. The van der Waals surface area contributed by atoms with E-state index in [2.05, 4.69) is 42.1 Å². The molecule has 0 saturated carbocycles. The van der Waals surface area contributed by atoms with Crippen LogP contribution >= 0.6 is 0 Å². The smallest absolute Gasteiger partial charge is 0.341 e. The van der Waals surface area contributed by atoms with Crippen LogP contribution in [0.4, 0.5) is 16.3 Å². The first kappa shape index (κ1) is 21.8. The number of carbonyl (C=O) groups is 2. The molecule has 1 atom stereocenters. The predicted octanol–water partition coefficient (Wildman–Crippen LogP) is 3.16. The minimum absolute atomic E-state index is 0.0347. The van der Waals surface area contributed by atoms with Crippen molar-refractivity contribution in [2.24, 2.45) is 0 Å². The van der Waals surface area contributed by atoms with Gasteiger partial charge >= 0.3 is 12.0 Å². The zero-order valence-electron chi connectivity index (χ0n) is 18.3. The number of pyridine rings is 1. The Morgan fingerprint density at radius 1 is 1.13 bits per heavy atom. The lowest BCUT2D eigenvalue weighted by molar-refractivity contribution is 0.0600. The van der Waals surface area contributed by atoms with Crippen LogP contribution in [-0.2, 0) is 4.74 Å². The third-order valence-electron chi connectivity index (χ3n) is 5.38. The minimum atomic E-state index is -1.36. The van der Waals surface area contributed by atoms with Crippen molar-refractivity contribution in [2.75, 3.05) is 37.0 Å². The fraction of sp³-hybridized carbons (Fsp3) is 0.409. The quantitative estimate of drug-likeness (QED) is 0.600. The Morgan fingerprint density at radius 2 is 1.83 bits per heavy atom. The van der Waals surface area contributed by atoms with E-state index in [0.29, 0.717) is 31.0 Å². The number of hydrogen-bond acceptors (Lipinski definition) is 5. The monoisotopic (exact) mass is 426 g/mol. The molecular weight excluding hydrogens is 396 g/mol. The van der Waals surface area contributed by atoms with E-state index in [1.807, 2.05) is 28.9 Å². The molecule has 0 radical (unpaired) electrons. The van der Waals surface area contributed by atoms with E-state index in [-0.39, 0.29) is 12.1 Å². The fourth-order valence-electron chi connectivity index (χ4n) is 3.62. The van der Waals surface area contributed by atoms with Gasteiger partial charge in [-0.3, -0.25) is 0 Å². The van der Waals surface area contributed by atoms with E-state index in [1.54, 1.807) is 18.3 Å². The van der Waals surface area contributed by atoms with Crippen molar-refractivity contribution >= 4 is 36.8 Å². The lowest BCUT2D eigenvalue weighted by Crippen LogP contribution is -2.55. The van der Waals surface area contributed by atoms with Gasteiger partial charge in [-0.25, -0.2) is 14.6 Å². The first-order valence-electron chi connectivity index (χ1n) is 10.2. The van der Waals surface area contributed by atoms with Crippen LogP contribution in [0.15, 0.2) is 42.6 Å². The number of ether oxygens (including phenoxy) is 1. The molecule has 1 fully saturated rings. The van der Waals surface area contributed by atoms with Crippen molar-refractivity contribution in [3.8, 4) is 0 Å². The van der Waals surface area contributed by atoms with Gasteiger partial charge in [-0.05, 0) is 31.2 Å². The van der Waals surface area contributed by atoms with E-state index in [9.17, 15) is 9.59 Å². The Hall–Kier alpha value is -2.87. The predicted molar refractivity (Wildman–Crippen MR) is 122 cm³/mol. The van der Waals surface area contributed by atoms with E-state index in [0.717, 1.165) is 5.69 Å². The van der Waals surface area contributed by atoms with Crippen LogP contribution in [0.2, 0.25) is 19.6 Å². The van der Waals surface area contributed by atoms with Crippen LogP contribution in [0.3, 0.4) is 0 Å². The van der Waals surface area contributed by atoms with Gasteiger partial charge in [0.15, 0.2) is 0 Å². The van der Waals surface area contributed by atoms with Crippen LogP contribution in [0.25, 0.3) is 0 Å². The lowest BCUT2D eigenvalue weighted by Gasteiger charge is -2.40. The first-order valence-corrected chi connectivity index (χ1v) is 13.7. The standard InChI is InChI=1S/C22H30N4O3Si/c1-16-15-25(20-19(21(27)29-2)7-6-12-23-20)13-14-26(16)22(28)24-17-8-10-18(11-9-17)30(3,4)5/h6-12,16H,13-15H2,1-5H3,(H,24,28). The molecule has 0 spiro atoms. The van der Waals surface area contributed by atoms with Crippen molar-refractivity contribution < 1.29 is 14.3 Å². The maximum absolute atomic E-state index is 12.8. The molecule has 3 rings (SSSR count). The Labute approximate surface area is 179 Å². The Balaban J connectivity index is 1.66. The number of urea groups is 1. The van der Waals surface area contributed by atoms with Crippen LogP contribution in [0, 0.1) is 0 Å². The molecule has 2 aromatic rings. The summed E-state index contributed by atoms with van der Waals surface area (Å²) < 4.78 is 4.87. The van der Waals surface area contributed by atoms with Gasteiger partial charge < -0.3 is 19.9 Å². The minimum Gasteiger partial charge on any atom is -0.465 e. The second-order valence-electron chi connectivity index (χ2n) is 8.61. The van der Waals surface area contributed by atoms with Crippen molar-refractivity contribution in [3.05, 3.63) is 48.2 Å². The summed E-state index contributed by atoms with van der Waals surface area (Å²) in [5, 5.41) is 4.37. The zero-order chi connectivity index (χ0) is 21.9. The molecule has 160 valence electrons. The number of benzene rings is 1. The molecule has 2 amide bonds. The molecule has 1 aliphatic rings. The van der Waals surface area contributed by atoms with Gasteiger partial charge in [0.2, 0.25) is 0 Å². The lowest BCUT2D eigenvalue weighted by atomic mass is 10.1. The molecular formula is C22H30N4O3Si. The summed E-state index contributed by atoms with van der Waals surface area (Å²) in [6, 6.07) is 11.5. The number of anilines is 2. The number of piperazine rings is 1. The highest BCUT2D eigenvalue weighted by Gasteiger charge is 2.30. The van der Waals surface area contributed by atoms with Gasteiger partial charge in [0.1, 0.15) is 11.4 Å². The topological polar surface area (TPSA) is 74.8 Å². The maximum atomic E-state index is 12.8. The van der Waals surface area contributed by atoms with Crippen molar-refractivity contribution in [1.29, 1.82) is 0 Å². The molecule has 1 aromatic heterocycles. The van der Waals surface area contributed by atoms with Crippen molar-refractivity contribution in [1.82, 2.24) is 9.88 Å². The van der Waals surface area contributed by atoms with Crippen LogP contribution in [0.5, 0.6) is 0 Å². The summed E-state index contributed by atoms with van der Waals surface area (Å²) >= 11 is 0. The van der Waals surface area contributed by atoms with Gasteiger partial charge in [-0.1, -0.05) is 37.0 Å². The molecule has 0 aliphatic carbocycles. The van der Waals surface area contributed by atoms with Crippen LogP contribution < -0.4 is 15.4 Å². The second kappa shape index (κ2) is 8.87. The average Bonchev–Trinajstić information content (AvgIpc) is 2.72. The highest BCUT2D eigenvalue weighted by Crippen LogP contribution is 2.22. The van der Waals surface area contributed by atoms with Gasteiger partial charge in [-0.2, -0.15) is 0 Å². The number of amides is 2. The average molecular weight is 427 g/mol. The summed E-state index contributed by atoms with van der Waals surface area (Å²) in [7, 11) is -0.00118. The molecule has 0 bridgehead atoms. The number of methoxy groups -OCH3 is 1. The van der Waals surface area contributed by atoms with Crippen molar-refractivity contribution in [2.45, 2.75) is 32.6 Å². The fourth-order valence-corrected chi connectivity index (χ4v) is 4.79. The third kappa shape index (κ3) is 4.81. The Kier molecular flexibility index (Phi) is 6.45. The van der Waals surface area contributed by atoms with Crippen molar-refractivity contribution in [3.63, 3.8) is 0 Å². The van der Waals surface area contributed by atoms with Gasteiger partial charge in [0.05, 0.1) is 15.2 Å². The van der Waals surface area contributed by atoms with Crippen LogP contribution in [0.1, 0.15) is 17.3 Å². The Morgan fingerprint density at radius 3 is 2.43 bits per heavy atom. The van der Waals surface area contributed by atoms with E-state index in [1.165, 1.54) is 12.3 Å². The number of nitrogens with one attached hydrogen (secondary N) is 1. The molecule has 2 heterocycles. The molecule has 1 aliphatic heterocycles. The zero-order valence-corrected chi connectivity index (χ0v) is 19.3. The number of esters is 1. The normalized spacial score (nSPS) is 16.9. The van der Waals surface area contributed by atoms with E-state index >= 15 is 0 Å². The van der Waals surface area contributed by atoms with E-state index < -0.39 is 14.0 Å². The molecule has 1 aromatic carbocycles. The van der Waals surface area contributed by atoms with Gasteiger partial charge in [0.25, 0.3) is 0 Å². The molecule has 30 heavy (non-hydrogen) atoms. The number of nitrogens with zero attached hydrogens (tertiary/aromatic N) is 3. The SMILES string of the molecule is COC(=O)c1cccnc1N1CCN(C(=O)Nc2ccc([Si](C)(C)C)cc2)C(C)C1. The number of carbonyl (C=O) groups excluding carboxylic acids is 2. The van der Waals surface area contributed by atoms with E-state index in [4.69, 9.17) is 4.74 Å². The molecule has 1 N–H and O–H groups in total. The first-order chi connectivity index (χ1) is 14.2. The molecule has 1 saturated heterocycles. The largest absolute Gasteiger partial charge is 0.465 e.